The highest BCUT2D eigenvalue weighted by molar-refractivity contribution is 8.01. The summed E-state index contributed by atoms with van der Waals surface area (Å²) in [5.74, 6) is 0. The van der Waals surface area contributed by atoms with Gasteiger partial charge in [0.05, 0.1) is 0 Å². The molecule has 2 rings (SSSR count). The van der Waals surface area contributed by atoms with E-state index < -0.39 is 0 Å². The van der Waals surface area contributed by atoms with Crippen LogP contribution in [0.5, 0.6) is 0 Å². The zero-order chi connectivity index (χ0) is 6.10. The molecule has 0 saturated carbocycles. The third kappa shape index (κ3) is 0.772. The van der Waals surface area contributed by atoms with Crippen molar-refractivity contribution in [3.05, 3.63) is 23.9 Å². The molecule has 0 amide bonds. The highest BCUT2D eigenvalue weighted by Crippen LogP contribution is 2.14. The largest absolute Gasteiger partial charge is 0.320 e. The predicted octanol–water partition coefficient (Wildman–Crippen LogP) is 0.922. The molecule has 1 N–H and O–H groups in total. The van der Waals surface area contributed by atoms with E-state index in [1.54, 1.807) is 11.8 Å². The predicted molar refractivity (Wildman–Crippen MR) is 36.0 cm³/mol. The zero-order valence-corrected chi connectivity index (χ0v) is 5.69. The number of thioether (sulfide) groups is 1. The maximum atomic E-state index is 3.13. The number of aromatic amines is 1. The fourth-order valence-corrected chi connectivity index (χ4v) is 1.58. The van der Waals surface area contributed by atoms with Gasteiger partial charge in [0.1, 0.15) is 18.9 Å². The van der Waals surface area contributed by atoms with E-state index in [2.05, 4.69) is 21.0 Å². The number of rotatable bonds is 0. The average molecular weight is 139 g/mol. The molecule has 0 atom stereocenters. The summed E-state index contributed by atoms with van der Waals surface area (Å²) in [5, 5.41) is 3.32. The van der Waals surface area contributed by atoms with Crippen LogP contribution in [-0.4, -0.2) is 4.98 Å². The Labute approximate surface area is 57.6 Å². The molecule has 0 aliphatic carbocycles. The maximum Gasteiger partial charge on any atom is 0.320 e. The molecule has 1 aromatic heterocycles. The maximum absolute atomic E-state index is 3.13. The van der Waals surface area contributed by atoms with Crippen molar-refractivity contribution in [2.24, 2.45) is 0 Å². The molecular formula is C6H7N2S+. The molecule has 2 heterocycles. The molecular weight excluding hydrogens is 132 g/mol. The SMILES string of the molecule is C1=CSc2[nH]cc[n+]2C1. The van der Waals surface area contributed by atoms with E-state index in [0.717, 1.165) is 6.54 Å². The van der Waals surface area contributed by atoms with E-state index >= 15 is 0 Å². The third-order valence-electron chi connectivity index (χ3n) is 1.30. The number of hydrogen-bond donors (Lipinski definition) is 1. The molecule has 0 unspecified atom stereocenters. The molecule has 0 saturated heterocycles. The van der Waals surface area contributed by atoms with Gasteiger partial charge in [0.15, 0.2) is 0 Å². The van der Waals surface area contributed by atoms with Crippen LogP contribution in [0.15, 0.2) is 29.0 Å². The fourth-order valence-electron chi connectivity index (χ4n) is 0.864. The number of imidazole rings is 1. The first-order valence-corrected chi connectivity index (χ1v) is 3.73. The lowest BCUT2D eigenvalue weighted by Gasteiger charge is -1.97. The minimum Gasteiger partial charge on any atom is -0.238 e. The van der Waals surface area contributed by atoms with Crippen LogP contribution in [0.4, 0.5) is 0 Å². The fraction of sp³-hybridized carbons (Fsp3) is 0.167. The molecule has 0 fully saturated rings. The van der Waals surface area contributed by atoms with Crippen molar-refractivity contribution >= 4 is 11.8 Å². The van der Waals surface area contributed by atoms with Gasteiger partial charge in [0.25, 0.3) is 0 Å². The van der Waals surface area contributed by atoms with Gasteiger partial charge in [-0.3, -0.25) is 0 Å². The van der Waals surface area contributed by atoms with Crippen LogP contribution in [0.25, 0.3) is 0 Å². The molecule has 1 aromatic rings. The minimum absolute atomic E-state index is 1.01. The third-order valence-corrected chi connectivity index (χ3v) is 2.20. The van der Waals surface area contributed by atoms with Crippen LogP contribution < -0.4 is 4.57 Å². The van der Waals surface area contributed by atoms with Crippen LogP contribution in [0.2, 0.25) is 0 Å². The zero-order valence-electron chi connectivity index (χ0n) is 4.87. The summed E-state index contributed by atoms with van der Waals surface area (Å²) in [7, 11) is 0. The lowest BCUT2D eigenvalue weighted by Crippen LogP contribution is -2.33. The van der Waals surface area contributed by atoms with Gasteiger partial charge < -0.3 is 0 Å². The molecule has 0 bridgehead atoms. The Morgan fingerprint density at radius 3 is 3.56 bits per heavy atom. The first-order valence-electron chi connectivity index (χ1n) is 2.85. The number of allylic oxidation sites excluding steroid dienone is 1. The van der Waals surface area contributed by atoms with Crippen LogP contribution >= 0.6 is 11.8 Å². The summed E-state index contributed by atoms with van der Waals surface area (Å²) in [6.45, 7) is 1.01. The second kappa shape index (κ2) is 1.92. The van der Waals surface area contributed by atoms with Crippen molar-refractivity contribution in [3.8, 4) is 0 Å². The normalized spacial score (nSPS) is 15.6. The smallest absolute Gasteiger partial charge is 0.238 e. The Balaban J connectivity index is 2.46. The average Bonchev–Trinajstić information content (AvgIpc) is 2.33. The van der Waals surface area contributed by atoms with E-state index in [1.807, 2.05) is 12.4 Å². The molecule has 1 aliphatic rings. The van der Waals surface area contributed by atoms with E-state index in [0.29, 0.717) is 0 Å². The van der Waals surface area contributed by atoms with Crippen LogP contribution in [0.1, 0.15) is 0 Å². The van der Waals surface area contributed by atoms with E-state index in [4.69, 9.17) is 0 Å². The quantitative estimate of drug-likeness (QED) is 0.530. The van der Waals surface area contributed by atoms with Crippen molar-refractivity contribution in [1.29, 1.82) is 0 Å². The van der Waals surface area contributed by atoms with E-state index in [9.17, 15) is 0 Å². The number of aromatic nitrogens is 2. The number of H-pyrrole nitrogens is 1. The number of hydrogen-bond acceptors (Lipinski definition) is 1. The van der Waals surface area contributed by atoms with Crippen LogP contribution in [-0.2, 0) is 6.54 Å². The Bertz CT molecular complexity index is 216. The Kier molecular flexibility index (Phi) is 1.09. The molecule has 2 nitrogen and oxygen atoms in total. The van der Waals surface area contributed by atoms with Crippen molar-refractivity contribution in [1.82, 2.24) is 4.98 Å². The van der Waals surface area contributed by atoms with Gasteiger partial charge in [-0.15, -0.1) is 0 Å². The molecule has 3 heteroatoms. The second-order valence-electron chi connectivity index (χ2n) is 1.91. The van der Waals surface area contributed by atoms with Gasteiger partial charge in [-0.1, -0.05) is 0 Å². The summed E-state index contributed by atoms with van der Waals surface area (Å²) < 4.78 is 2.17. The minimum atomic E-state index is 1.01. The molecule has 0 aromatic carbocycles. The van der Waals surface area contributed by atoms with Crippen molar-refractivity contribution in [3.63, 3.8) is 0 Å². The van der Waals surface area contributed by atoms with E-state index in [1.165, 1.54) is 5.16 Å². The summed E-state index contributed by atoms with van der Waals surface area (Å²) >= 11 is 1.72. The van der Waals surface area contributed by atoms with Gasteiger partial charge >= 0.3 is 5.16 Å². The summed E-state index contributed by atoms with van der Waals surface area (Å²) in [5.41, 5.74) is 0. The second-order valence-corrected chi connectivity index (χ2v) is 2.80. The number of nitrogens with zero attached hydrogens (tertiary/aromatic N) is 1. The summed E-state index contributed by atoms with van der Waals surface area (Å²) in [6.07, 6.45) is 6.15. The molecule has 9 heavy (non-hydrogen) atoms. The van der Waals surface area contributed by atoms with Gasteiger partial charge in [-0.05, 0) is 23.2 Å². The Morgan fingerprint density at radius 2 is 2.67 bits per heavy atom. The number of nitrogens with one attached hydrogen (secondary N) is 1. The van der Waals surface area contributed by atoms with Gasteiger partial charge in [-0.25, -0.2) is 9.55 Å². The van der Waals surface area contributed by atoms with Crippen molar-refractivity contribution in [2.75, 3.05) is 0 Å². The van der Waals surface area contributed by atoms with Crippen molar-refractivity contribution < 1.29 is 4.57 Å². The van der Waals surface area contributed by atoms with Crippen molar-refractivity contribution in [2.45, 2.75) is 11.7 Å². The van der Waals surface area contributed by atoms with Crippen LogP contribution in [0.3, 0.4) is 0 Å². The van der Waals surface area contributed by atoms with E-state index in [-0.39, 0.29) is 0 Å². The highest BCUT2D eigenvalue weighted by Gasteiger charge is 2.10. The Morgan fingerprint density at radius 1 is 1.67 bits per heavy atom. The Hall–Kier alpha value is -0.700. The standard InChI is InChI=1S/C6H6N2S/c1-3-8-4-2-7-6(8)9-5-1/h1-2,4-5H,3H2/p+1. The van der Waals surface area contributed by atoms with Gasteiger partial charge in [-0.2, -0.15) is 0 Å². The summed E-state index contributed by atoms with van der Waals surface area (Å²) in [6, 6.07) is 0. The molecule has 46 valence electrons. The highest BCUT2D eigenvalue weighted by atomic mass is 32.2. The number of fused-ring (bicyclic) bond motifs is 1. The topological polar surface area (TPSA) is 19.7 Å². The molecule has 0 spiro atoms. The molecule has 0 radical (unpaired) electrons. The summed E-state index contributed by atoms with van der Waals surface area (Å²) in [4.78, 5) is 3.13. The van der Waals surface area contributed by atoms with Crippen LogP contribution in [0, 0.1) is 0 Å². The lowest BCUT2D eigenvalue weighted by atomic mass is 10.6. The lowest BCUT2D eigenvalue weighted by molar-refractivity contribution is -0.723. The first-order chi connectivity index (χ1) is 4.47. The van der Waals surface area contributed by atoms with Gasteiger partial charge in [0.2, 0.25) is 0 Å². The molecule has 1 aliphatic heterocycles. The monoisotopic (exact) mass is 139 g/mol. The first kappa shape index (κ1) is 5.11. The van der Waals surface area contributed by atoms with Gasteiger partial charge in [0, 0.05) is 0 Å².